The smallest absolute Gasteiger partial charge is 0.244 e. The lowest BCUT2D eigenvalue weighted by atomic mass is 10.1. The van der Waals surface area contributed by atoms with Gasteiger partial charge in [0.2, 0.25) is 11.8 Å². The van der Waals surface area contributed by atoms with Gasteiger partial charge in [0.05, 0.1) is 12.8 Å². The average Bonchev–Trinajstić information content (AvgIpc) is 2.56. The predicted octanol–water partition coefficient (Wildman–Crippen LogP) is 4.27. The van der Waals surface area contributed by atoms with Gasteiger partial charge < -0.3 is 15.0 Å². The maximum absolute atomic E-state index is 12.5. The molecule has 0 radical (unpaired) electrons. The number of nitrogens with one attached hydrogen (secondary N) is 1. The summed E-state index contributed by atoms with van der Waals surface area (Å²) in [4.78, 5) is 26.1. The van der Waals surface area contributed by atoms with Crippen molar-refractivity contribution in [1.29, 1.82) is 0 Å². The van der Waals surface area contributed by atoms with Crippen molar-refractivity contribution in [3.63, 3.8) is 0 Å². The number of aryl methyl sites for hydroxylation is 3. The molecule has 1 N–H and O–H groups in total. The number of rotatable bonds is 5. The third-order valence-corrected chi connectivity index (χ3v) is 4.49. The Bertz CT molecular complexity index is 849. The van der Waals surface area contributed by atoms with Gasteiger partial charge in [-0.25, -0.2) is 0 Å². The van der Waals surface area contributed by atoms with Gasteiger partial charge >= 0.3 is 0 Å². The minimum absolute atomic E-state index is 0.0932. The molecule has 0 aliphatic carbocycles. The quantitative estimate of drug-likeness (QED) is 0.850. The summed E-state index contributed by atoms with van der Waals surface area (Å²) < 4.78 is 5.27. The Morgan fingerprint density at radius 1 is 1.12 bits per heavy atom. The van der Waals surface area contributed by atoms with Crippen molar-refractivity contribution in [1.82, 2.24) is 0 Å². The standard InChI is InChI=1S/C20H23ClN2O3/c1-12-6-7-18(14(3)8-12)23(15(4)24)11-20(25)22-17-9-13(2)16(21)10-19(17)26-5/h6-10H,11H2,1-5H3,(H,22,25). The monoisotopic (exact) mass is 374 g/mol. The number of carbonyl (C=O) groups excluding carboxylic acids is 2. The Kier molecular flexibility index (Phi) is 6.27. The summed E-state index contributed by atoms with van der Waals surface area (Å²) in [5.41, 5.74) is 4.09. The largest absolute Gasteiger partial charge is 0.495 e. The van der Waals surface area contributed by atoms with Crippen LogP contribution in [0.3, 0.4) is 0 Å². The molecule has 0 heterocycles. The zero-order valence-electron chi connectivity index (χ0n) is 15.6. The molecule has 0 saturated carbocycles. The molecule has 0 bridgehead atoms. The molecule has 0 unspecified atom stereocenters. The Balaban J connectivity index is 2.24. The molecule has 0 fully saturated rings. The Morgan fingerprint density at radius 3 is 2.38 bits per heavy atom. The molecule has 2 amide bonds. The minimum Gasteiger partial charge on any atom is -0.495 e. The van der Waals surface area contributed by atoms with Crippen molar-refractivity contribution in [2.24, 2.45) is 0 Å². The van der Waals surface area contributed by atoms with E-state index in [1.54, 1.807) is 12.1 Å². The molecular formula is C20H23ClN2O3. The first-order valence-corrected chi connectivity index (χ1v) is 8.60. The number of halogens is 1. The third kappa shape index (κ3) is 4.55. The minimum atomic E-state index is -0.319. The molecule has 138 valence electrons. The van der Waals surface area contributed by atoms with Crippen LogP contribution in [0.25, 0.3) is 0 Å². The lowest BCUT2D eigenvalue weighted by molar-refractivity contribution is -0.120. The predicted molar refractivity (Wildman–Crippen MR) is 105 cm³/mol. The van der Waals surface area contributed by atoms with E-state index in [1.807, 2.05) is 39.0 Å². The maximum atomic E-state index is 12.5. The van der Waals surface area contributed by atoms with Crippen molar-refractivity contribution >= 4 is 34.8 Å². The molecule has 2 aromatic carbocycles. The number of methoxy groups -OCH3 is 1. The van der Waals surface area contributed by atoms with Crippen LogP contribution >= 0.6 is 11.6 Å². The van der Waals surface area contributed by atoms with Gasteiger partial charge in [0.15, 0.2) is 0 Å². The number of anilines is 2. The van der Waals surface area contributed by atoms with Crippen molar-refractivity contribution in [2.45, 2.75) is 27.7 Å². The molecule has 0 spiro atoms. The van der Waals surface area contributed by atoms with E-state index in [0.717, 1.165) is 22.4 Å². The lowest BCUT2D eigenvalue weighted by Crippen LogP contribution is -2.37. The van der Waals surface area contributed by atoms with E-state index < -0.39 is 0 Å². The molecule has 0 atom stereocenters. The van der Waals surface area contributed by atoms with Gasteiger partial charge in [-0.2, -0.15) is 0 Å². The number of hydrogen-bond acceptors (Lipinski definition) is 3. The third-order valence-electron chi connectivity index (χ3n) is 4.08. The highest BCUT2D eigenvalue weighted by Crippen LogP contribution is 2.31. The first-order chi connectivity index (χ1) is 12.2. The van der Waals surface area contributed by atoms with Gasteiger partial charge in [-0.1, -0.05) is 29.3 Å². The molecule has 6 heteroatoms. The van der Waals surface area contributed by atoms with Crippen molar-refractivity contribution in [3.8, 4) is 5.75 Å². The van der Waals surface area contributed by atoms with E-state index in [-0.39, 0.29) is 18.4 Å². The molecule has 2 aromatic rings. The van der Waals surface area contributed by atoms with Crippen LogP contribution in [0.2, 0.25) is 5.02 Å². The summed E-state index contributed by atoms with van der Waals surface area (Å²) in [5, 5.41) is 3.35. The fourth-order valence-electron chi connectivity index (χ4n) is 2.74. The molecule has 26 heavy (non-hydrogen) atoms. The number of hydrogen-bond donors (Lipinski definition) is 1. The molecule has 0 aromatic heterocycles. The lowest BCUT2D eigenvalue weighted by Gasteiger charge is -2.23. The van der Waals surface area contributed by atoms with E-state index in [4.69, 9.17) is 16.3 Å². The number of ether oxygens (including phenoxy) is 1. The Morgan fingerprint density at radius 2 is 1.81 bits per heavy atom. The molecule has 0 aliphatic rings. The second-order valence-electron chi connectivity index (χ2n) is 6.24. The number of amides is 2. The fourth-order valence-corrected chi connectivity index (χ4v) is 2.89. The van der Waals surface area contributed by atoms with Crippen LogP contribution in [0.5, 0.6) is 5.75 Å². The van der Waals surface area contributed by atoms with Crippen LogP contribution in [0.4, 0.5) is 11.4 Å². The molecular weight excluding hydrogens is 352 g/mol. The van der Waals surface area contributed by atoms with E-state index in [1.165, 1.54) is 18.9 Å². The van der Waals surface area contributed by atoms with Gasteiger partial charge in [-0.3, -0.25) is 9.59 Å². The molecule has 5 nitrogen and oxygen atoms in total. The second kappa shape index (κ2) is 8.23. The van der Waals surface area contributed by atoms with Crippen molar-refractivity contribution in [3.05, 3.63) is 52.0 Å². The topological polar surface area (TPSA) is 58.6 Å². The highest BCUT2D eigenvalue weighted by molar-refractivity contribution is 6.31. The highest BCUT2D eigenvalue weighted by atomic mass is 35.5. The number of nitrogens with zero attached hydrogens (tertiary/aromatic N) is 1. The summed E-state index contributed by atoms with van der Waals surface area (Å²) in [6.07, 6.45) is 0. The fraction of sp³-hybridized carbons (Fsp3) is 0.300. The second-order valence-corrected chi connectivity index (χ2v) is 6.65. The van der Waals surface area contributed by atoms with Crippen LogP contribution in [0.1, 0.15) is 23.6 Å². The summed E-state index contributed by atoms with van der Waals surface area (Å²) in [6.45, 7) is 7.09. The van der Waals surface area contributed by atoms with Crippen LogP contribution in [0, 0.1) is 20.8 Å². The number of benzene rings is 2. The Hall–Kier alpha value is -2.53. The van der Waals surface area contributed by atoms with Crippen LogP contribution in [-0.4, -0.2) is 25.5 Å². The summed E-state index contributed by atoms with van der Waals surface area (Å²) >= 11 is 6.09. The van der Waals surface area contributed by atoms with E-state index >= 15 is 0 Å². The Labute approximate surface area is 158 Å². The molecule has 2 rings (SSSR count). The summed E-state index contributed by atoms with van der Waals surface area (Å²) in [5.74, 6) is -0.0543. The van der Waals surface area contributed by atoms with Gasteiger partial charge in [0.1, 0.15) is 12.3 Å². The van der Waals surface area contributed by atoms with Gasteiger partial charge in [-0.05, 0) is 44.0 Å². The maximum Gasteiger partial charge on any atom is 0.244 e. The molecule has 0 saturated heterocycles. The van der Waals surface area contributed by atoms with Crippen LogP contribution in [0.15, 0.2) is 30.3 Å². The first kappa shape index (κ1) is 19.8. The van der Waals surface area contributed by atoms with E-state index in [0.29, 0.717) is 16.5 Å². The zero-order valence-corrected chi connectivity index (χ0v) is 16.4. The summed E-state index contributed by atoms with van der Waals surface area (Å²) in [6, 6.07) is 9.15. The van der Waals surface area contributed by atoms with Crippen molar-refractivity contribution in [2.75, 3.05) is 23.9 Å². The highest BCUT2D eigenvalue weighted by Gasteiger charge is 2.19. The van der Waals surface area contributed by atoms with Gasteiger partial charge in [-0.15, -0.1) is 0 Å². The van der Waals surface area contributed by atoms with Gasteiger partial charge in [0, 0.05) is 23.7 Å². The summed E-state index contributed by atoms with van der Waals surface area (Å²) in [7, 11) is 1.51. The van der Waals surface area contributed by atoms with Crippen LogP contribution < -0.4 is 15.0 Å². The first-order valence-electron chi connectivity index (χ1n) is 8.22. The van der Waals surface area contributed by atoms with Crippen LogP contribution in [-0.2, 0) is 9.59 Å². The zero-order chi connectivity index (χ0) is 19.4. The normalized spacial score (nSPS) is 10.4. The number of carbonyl (C=O) groups is 2. The molecule has 0 aliphatic heterocycles. The van der Waals surface area contributed by atoms with E-state index in [2.05, 4.69) is 5.32 Å². The SMILES string of the molecule is COc1cc(Cl)c(C)cc1NC(=O)CN(C(C)=O)c1ccc(C)cc1C. The van der Waals surface area contributed by atoms with Crippen molar-refractivity contribution < 1.29 is 14.3 Å². The van der Waals surface area contributed by atoms with E-state index in [9.17, 15) is 9.59 Å². The average molecular weight is 375 g/mol. The van der Waals surface area contributed by atoms with Gasteiger partial charge in [0.25, 0.3) is 0 Å².